The highest BCUT2D eigenvalue weighted by Gasteiger charge is 2.23. The molecule has 0 unspecified atom stereocenters. The van der Waals surface area contributed by atoms with Crippen molar-refractivity contribution in [3.63, 3.8) is 0 Å². The number of hydrogen-bond donors (Lipinski definition) is 1. The van der Waals surface area contributed by atoms with Crippen molar-refractivity contribution >= 4 is 34.0 Å². The number of hydrogen-bond acceptors (Lipinski definition) is 6. The van der Waals surface area contributed by atoms with Gasteiger partial charge in [0.1, 0.15) is 16.6 Å². The second-order valence-electron chi connectivity index (χ2n) is 5.54. The third-order valence-corrected chi connectivity index (χ3v) is 5.31. The number of nitrogens with zero attached hydrogens (tertiary/aromatic N) is 4. The van der Waals surface area contributed by atoms with Gasteiger partial charge in [-0.2, -0.15) is 9.64 Å². The fourth-order valence-corrected chi connectivity index (χ4v) is 3.69. The van der Waals surface area contributed by atoms with E-state index < -0.39 is 0 Å². The molecule has 8 heteroatoms. The number of amides is 1. The van der Waals surface area contributed by atoms with Gasteiger partial charge in [0.25, 0.3) is 0 Å². The number of aromatic nitrogens is 1. The summed E-state index contributed by atoms with van der Waals surface area (Å²) in [7, 11) is 3.64. The van der Waals surface area contributed by atoms with Gasteiger partial charge in [0.2, 0.25) is 5.91 Å². The predicted molar refractivity (Wildman–Crippen MR) is 88.3 cm³/mol. The molecule has 2 rings (SSSR count). The average molecular weight is 342 g/mol. The fourth-order valence-electron chi connectivity index (χ4n) is 2.70. The monoisotopic (exact) mass is 341 g/mol. The van der Waals surface area contributed by atoms with Gasteiger partial charge in [-0.1, -0.05) is 11.6 Å². The number of anilines is 1. The Kier molecular flexibility index (Phi) is 6.00. The first-order valence-electron chi connectivity index (χ1n) is 7.24. The van der Waals surface area contributed by atoms with Crippen molar-refractivity contribution in [1.82, 2.24) is 14.6 Å². The van der Waals surface area contributed by atoms with Crippen LogP contribution in [0.1, 0.15) is 18.4 Å². The van der Waals surface area contributed by atoms with Crippen molar-refractivity contribution in [1.29, 1.82) is 5.26 Å². The number of nitriles is 1. The zero-order valence-corrected chi connectivity index (χ0v) is 14.4. The van der Waals surface area contributed by atoms with Crippen LogP contribution in [0.5, 0.6) is 0 Å². The Morgan fingerprint density at radius 2 is 2.27 bits per heavy atom. The molecule has 2 heterocycles. The molecule has 1 saturated heterocycles. The lowest BCUT2D eigenvalue weighted by molar-refractivity contribution is -0.122. The number of carbonyl (C=O) groups is 1. The number of likely N-dealkylation sites (tertiary alicyclic amines) is 1. The molecule has 1 aliphatic heterocycles. The Bertz CT molecular complexity index is 562. The van der Waals surface area contributed by atoms with E-state index in [-0.39, 0.29) is 11.1 Å². The molecule has 0 spiro atoms. The van der Waals surface area contributed by atoms with E-state index in [4.69, 9.17) is 16.9 Å². The van der Waals surface area contributed by atoms with E-state index >= 15 is 0 Å². The largest absolute Gasteiger partial charge is 0.364 e. The third-order valence-electron chi connectivity index (χ3n) is 3.98. The highest BCUT2D eigenvalue weighted by molar-refractivity contribution is 7.10. The molecule has 120 valence electrons. The zero-order valence-electron chi connectivity index (χ0n) is 12.8. The van der Waals surface area contributed by atoms with Gasteiger partial charge in [0.05, 0.1) is 6.54 Å². The minimum Gasteiger partial charge on any atom is -0.364 e. The number of piperidine rings is 1. The summed E-state index contributed by atoms with van der Waals surface area (Å²) >= 11 is 7.19. The summed E-state index contributed by atoms with van der Waals surface area (Å²) in [5.74, 6) is 0.617. The molecule has 0 radical (unpaired) electrons. The summed E-state index contributed by atoms with van der Waals surface area (Å²) in [4.78, 5) is 15.6. The van der Waals surface area contributed by atoms with Gasteiger partial charge in [0, 0.05) is 20.6 Å². The van der Waals surface area contributed by atoms with Crippen molar-refractivity contribution in [2.24, 2.45) is 5.92 Å². The molecule has 1 amide bonds. The first kappa shape index (κ1) is 17.0. The van der Waals surface area contributed by atoms with Gasteiger partial charge in [-0.3, -0.25) is 9.69 Å². The molecule has 6 nitrogen and oxygen atoms in total. The summed E-state index contributed by atoms with van der Waals surface area (Å²) in [6.45, 7) is 3.21. The van der Waals surface area contributed by atoms with Gasteiger partial charge < -0.3 is 10.2 Å². The van der Waals surface area contributed by atoms with Crippen LogP contribution < -0.4 is 10.2 Å². The van der Waals surface area contributed by atoms with E-state index in [0.717, 1.165) is 37.5 Å². The lowest BCUT2D eigenvalue weighted by Gasteiger charge is -2.33. The number of halogens is 1. The Balaban J connectivity index is 1.85. The van der Waals surface area contributed by atoms with Gasteiger partial charge in [0.15, 0.2) is 5.15 Å². The van der Waals surface area contributed by atoms with E-state index in [1.54, 1.807) is 7.05 Å². The second kappa shape index (κ2) is 7.77. The molecular weight excluding hydrogens is 322 g/mol. The van der Waals surface area contributed by atoms with Gasteiger partial charge in [-0.15, -0.1) is 0 Å². The van der Waals surface area contributed by atoms with Crippen LogP contribution in [-0.4, -0.2) is 55.5 Å². The van der Waals surface area contributed by atoms with Gasteiger partial charge >= 0.3 is 0 Å². The van der Waals surface area contributed by atoms with Gasteiger partial charge in [-0.05, 0) is 43.4 Å². The summed E-state index contributed by atoms with van der Waals surface area (Å²) in [6.07, 6.45) is 2.10. The molecule has 0 atom stereocenters. The van der Waals surface area contributed by atoms with Crippen LogP contribution >= 0.6 is 23.1 Å². The highest BCUT2D eigenvalue weighted by Crippen LogP contribution is 2.31. The molecule has 1 fully saturated rings. The van der Waals surface area contributed by atoms with Crippen LogP contribution in [0, 0.1) is 17.2 Å². The Morgan fingerprint density at radius 3 is 2.86 bits per heavy atom. The molecule has 1 aromatic heterocycles. The minimum absolute atomic E-state index is 0.0635. The fraction of sp³-hybridized carbons (Fsp3) is 0.643. The van der Waals surface area contributed by atoms with Crippen molar-refractivity contribution in [2.45, 2.75) is 12.8 Å². The maximum atomic E-state index is 11.4. The SMILES string of the molecule is CNC(=O)CN1CCC(CN(C)c2snc(Cl)c2C#N)CC1. The summed E-state index contributed by atoms with van der Waals surface area (Å²) in [6, 6.07) is 2.12. The summed E-state index contributed by atoms with van der Waals surface area (Å²) in [5.41, 5.74) is 0.464. The molecule has 0 saturated carbocycles. The Morgan fingerprint density at radius 1 is 1.59 bits per heavy atom. The Hall–Kier alpha value is -1.36. The molecule has 1 aliphatic rings. The van der Waals surface area contributed by atoms with Crippen molar-refractivity contribution < 1.29 is 4.79 Å². The van der Waals surface area contributed by atoms with Crippen LogP contribution in [0.4, 0.5) is 5.00 Å². The quantitative estimate of drug-likeness (QED) is 0.880. The summed E-state index contributed by atoms with van der Waals surface area (Å²) in [5, 5.41) is 12.9. The molecule has 1 aromatic rings. The van der Waals surface area contributed by atoms with Crippen LogP contribution in [0.2, 0.25) is 5.15 Å². The number of nitrogens with one attached hydrogen (secondary N) is 1. The average Bonchev–Trinajstić information content (AvgIpc) is 2.90. The van der Waals surface area contributed by atoms with Crippen molar-refractivity contribution in [3.8, 4) is 6.07 Å². The predicted octanol–water partition coefficient (Wildman–Crippen LogP) is 1.56. The molecule has 22 heavy (non-hydrogen) atoms. The van der Waals surface area contributed by atoms with Crippen LogP contribution in [0.25, 0.3) is 0 Å². The lowest BCUT2D eigenvalue weighted by Crippen LogP contribution is -2.42. The number of rotatable bonds is 5. The minimum atomic E-state index is 0.0635. The standard InChI is InChI=1S/C14H20ClN5OS/c1-17-12(21)9-20-5-3-10(4-6-20)8-19(2)14-11(7-16)13(15)18-22-14/h10H,3-6,8-9H2,1-2H3,(H,17,21). The molecule has 0 bridgehead atoms. The molecule has 1 N–H and O–H groups in total. The topological polar surface area (TPSA) is 72.3 Å². The second-order valence-corrected chi connectivity index (χ2v) is 6.65. The maximum Gasteiger partial charge on any atom is 0.233 e. The maximum absolute atomic E-state index is 11.4. The van der Waals surface area contributed by atoms with E-state index in [1.807, 2.05) is 7.05 Å². The van der Waals surface area contributed by atoms with Crippen LogP contribution in [-0.2, 0) is 4.79 Å². The van der Waals surface area contributed by atoms with Crippen molar-refractivity contribution in [2.75, 3.05) is 45.2 Å². The summed E-state index contributed by atoms with van der Waals surface area (Å²) < 4.78 is 4.05. The molecule has 0 aromatic carbocycles. The first-order chi connectivity index (χ1) is 10.5. The Labute approximate surface area is 139 Å². The third kappa shape index (κ3) is 4.09. The van der Waals surface area contributed by atoms with E-state index in [2.05, 4.69) is 25.6 Å². The number of carbonyl (C=O) groups excluding carboxylic acids is 1. The molecule has 0 aliphatic carbocycles. The normalized spacial score (nSPS) is 16.3. The first-order valence-corrected chi connectivity index (χ1v) is 8.39. The highest BCUT2D eigenvalue weighted by atomic mass is 35.5. The zero-order chi connectivity index (χ0) is 16.1. The van der Waals surface area contributed by atoms with E-state index in [0.29, 0.717) is 18.0 Å². The van der Waals surface area contributed by atoms with Crippen LogP contribution in [0.15, 0.2) is 0 Å². The number of likely N-dealkylation sites (N-methyl/N-ethyl adjacent to an activating group) is 1. The van der Waals surface area contributed by atoms with E-state index in [1.165, 1.54) is 11.5 Å². The van der Waals surface area contributed by atoms with Crippen LogP contribution in [0.3, 0.4) is 0 Å². The smallest absolute Gasteiger partial charge is 0.233 e. The molecular formula is C14H20ClN5OS. The van der Waals surface area contributed by atoms with E-state index in [9.17, 15) is 4.79 Å². The van der Waals surface area contributed by atoms with Gasteiger partial charge in [-0.25, -0.2) is 0 Å². The van der Waals surface area contributed by atoms with Crippen molar-refractivity contribution in [3.05, 3.63) is 10.7 Å². The lowest BCUT2D eigenvalue weighted by atomic mass is 9.96.